The summed E-state index contributed by atoms with van der Waals surface area (Å²) >= 11 is 0. The van der Waals surface area contributed by atoms with E-state index >= 15 is 0 Å². The molecule has 31 heavy (non-hydrogen) atoms. The number of benzene rings is 3. The first-order valence-corrected chi connectivity index (χ1v) is 9.63. The van der Waals surface area contributed by atoms with Gasteiger partial charge in [-0.1, -0.05) is 36.4 Å². The molecule has 0 aliphatic rings. The van der Waals surface area contributed by atoms with Gasteiger partial charge in [-0.2, -0.15) is 5.26 Å². The van der Waals surface area contributed by atoms with Crippen LogP contribution in [0.2, 0.25) is 0 Å². The third kappa shape index (κ3) is 3.98. The van der Waals surface area contributed by atoms with Crippen LogP contribution in [0.25, 0.3) is 28.7 Å². The summed E-state index contributed by atoms with van der Waals surface area (Å²) in [6.45, 7) is 0. The number of carbonyl (C=O) groups is 1. The molecule has 0 atom stereocenters. The van der Waals surface area contributed by atoms with Crippen LogP contribution in [0.5, 0.6) is 0 Å². The van der Waals surface area contributed by atoms with Gasteiger partial charge in [0.1, 0.15) is 5.82 Å². The van der Waals surface area contributed by atoms with Gasteiger partial charge in [-0.15, -0.1) is 0 Å². The molecular formula is C25H18N4O2. The van der Waals surface area contributed by atoms with E-state index in [0.29, 0.717) is 33.5 Å². The molecule has 6 nitrogen and oxygen atoms in total. The predicted molar refractivity (Wildman–Crippen MR) is 121 cm³/mol. The maximum atomic E-state index is 13.3. The second-order valence-electron chi connectivity index (χ2n) is 6.82. The van der Waals surface area contributed by atoms with Crippen LogP contribution in [-0.4, -0.2) is 22.5 Å². The molecule has 1 amide bonds. The molecule has 4 rings (SSSR count). The Morgan fingerprint density at radius 2 is 1.81 bits per heavy atom. The average Bonchev–Trinajstić information content (AvgIpc) is 2.82. The van der Waals surface area contributed by atoms with E-state index in [1.807, 2.05) is 24.3 Å². The lowest BCUT2D eigenvalue weighted by Crippen LogP contribution is -2.23. The number of hydrogen-bond donors (Lipinski definition) is 1. The van der Waals surface area contributed by atoms with E-state index in [4.69, 9.17) is 5.26 Å². The third-order valence-electron chi connectivity index (χ3n) is 4.86. The van der Waals surface area contributed by atoms with E-state index < -0.39 is 0 Å². The summed E-state index contributed by atoms with van der Waals surface area (Å²) in [4.78, 5) is 30.1. The molecule has 0 saturated heterocycles. The molecular weight excluding hydrogens is 388 g/mol. The highest BCUT2D eigenvalue weighted by Gasteiger charge is 2.13. The Hall–Kier alpha value is -4.50. The number of amides is 1. The Morgan fingerprint density at radius 3 is 2.55 bits per heavy atom. The summed E-state index contributed by atoms with van der Waals surface area (Å²) in [5.74, 6) is 0.195. The highest BCUT2D eigenvalue weighted by Crippen LogP contribution is 2.17. The van der Waals surface area contributed by atoms with Crippen molar-refractivity contribution >= 4 is 29.0 Å². The lowest BCUT2D eigenvalue weighted by atomic mass is 10.1. The highest BCUT2D eigenvalue weighted by atomic mass is 16.1. The van der Waals surface area contributed by atoms with Crippen LogP contribution in [-0.2, 0) is 0 Å². The number of nitriles is 1. The molecule has 0 fully saturated rings. The number of hydrogen-bond acceptors (Lipinski definition) is 4. The Balaban J connectivity index is 1.90. The van der Waals surface area contributed by atoms with Gasteiger partial charge < -0.3 is 5.32 Å². The third-order valence-corrected chi connectivity index (χ3v) is 4.86. The van der Waals surface area contributed by atoms with Gasteiger partial charge in [0.25, 0.3) is 11.5 Å². The molecule has 0 bridgehead atoms. The Morgan fingerprint density at radius 1 is 1.03 bits per heavy atom. The summed E-state index contributed by atoms with van der Waals surface area (Å²) < 4.78 is 1.49. The minimum Gasteiger partial charge on any atom is -0.355 e. The molecule has 0 unspecified atom stereocenters. The van der Waals surface area contributed by atoms with Crippen molar-refractivity contribution in [1.29, 1.82) is 5.26 Å². The first-order chi connectivity index (χ1) is 15.1. The molecule has 1 heterocycles. The number of rotatable bonds is 4. The molecule has 0 aliphatic heterocycles. The molecule has 150 valence electrons. The van der Waals surface area contributed by atoms with Crippen LogP contribution in [0.4, 0.5) is 0 Å². The van der Waals surface area contributed by atoms with Crippen LogP contribution in [0.1, 0.15) is 27.3 Å². The van der Waals surface area contributed by atoms with Gasteiger partial charge >= 0.3 is 0 Å². The molecule has 0 radical (unpaired) electrons. The summed E-state index contributed by atoms with van der Waals surface area (Å²) in [6.07, 6.45) is 3.58. The monoisotopic (exact) mass is 406 g/mol. The van der Waals surface area contributed by atoms with Crippen LogP contribution < -0.4 is 10.9 Å². The first-order valence-electron chi connectivity index (χ1n) is 9.63. The lowest BCUT2D eigenvalue weighted by Gasteiger charge is -2.12. The molecule has 4 aromatic rings. The fourth-order valence-electron chi connectivity index (χ4n) is 3.28. The van der Waals surface area contributed by atoms with Gasteiger partial charge in [-0.25, -0.2) is 4.98 Å². The summed E-state index contributed by atoms with van der Waals surface area (Å²) in [5.41, 5.74) is 2.80. The van der Waals surface area contributed by atoms with E-state index in [1.54, 1.807) is 67.7 Å². The standard InChI is InChI=1S/C25H18N4O2/c1-27-24(30)19-5-4-6-20(15-19)29-23(14-13-17-9-11-18(16-26)12-10-17)28-22-8-3-2-7-21(22)25(29)31/h2-15H,1H3,(H,27,30)/b14-13+. The second kappa shape index (κ2) is 8.47. The zero-order valence-corrected chi connectivity index (χ0v) is 16.7. The van der Waals surface area contributed by atoms with Gasteiger partial charge in [-0.3, -0.25) is 14.2 Å². The van der Waals surface area contributed by atoms with E-state index in [-0.39, 0.29) is 11.5 Å². The molecule has 6 heteroatoms. The van der Waals surface area contributed by atoms with Crippen molar-refractivity contribution in [2.75, 3.05) is 7.05 Å². The zero-order valence-electron chi connectivity index (χ0n) is 16.7. The van der Waals surface area contributed by atoms with Gasteiger partial charge in [0.2, 0.25) is 0 Å². The minimum absolute atomic E-state index is 0.223. The fraction of sp³-hybridized carbons (Fsp3) is 0.0400. The maximum absolute atomic E-state index is 13.3. The number of nitrogens with zero attached hydrogens (tertiary/aromatic N) is 3. The smallest absolute Gasteiger partial charge is 0.266 e. The van der Waals surface area contributed by atoms with Gasteiger partial charge in [0, 0.05) is 12.6 Å². The van der Waals surface area contributed by atoms with Crippen molar-refractivity contribution in [3.05, 3.63) is 106 Å². The van der Waals surface area contributed by atoms with Crippen LogP contribution in [0.3, 0.4) is 0 Å². The van der Waals surface area contributed by atoms with E-state index in [9.17, 15) is 9.59 Å². The quantitative estimate of drug-likeness (QED) is 0.559. The zero-order chi connectivity index (χ0) is 21.8. The SMILES string of the molecule is CNC(=O)c1cccc(-n2c(/C=C/c3ccc(C#N)cc3)nc3ccccc3c2=O)c1. The topological polar surface area (TPSA) is 87.8 Å². The van der Waals surface area contributed by atoms with Crippen molar-refractivity contribution in [2.45, 2.75) is 0 Å². The molecule has 1 N–H and O–H groups in total. The van der Waals surface area contributed by atoms with Gasteiger partial charge in [-0.05, 0) is 54.1 Å². The van der Waals surface area contributed by atoms with Crippen molar-refractivity contribution in [1.82, 2.24) is 14.9 Å². The molecule has 3 aromatic carbocycles. The molecule has 0 spiro atoms. The fourth-order valence-corrected chi connectivity index (χ4v) is 3.28. The van der Waals surface area contributed by atoms with Crippen LogP contribution in [0, 0.1) is 11.3 Å². The maximum Gasteiger partial charge on any atom is 0.266 e. The van der Waals surface area contributed by atoms with E-state index in [2.05, 4.69) is 16.4 Å². The number of nitrogens with one attached hydrogen (secondary N) is 1. The van der Waals surface area contributed by atoms with Crippen molar-refractivity contribution in [3.8, 4) is 11.8 Å². The van der Waals surface area contributed by atoms with Crippen LogP contribution in [0.15, 0.2) is 77.6 Å². The lowest BCUT2D eigenvalue weighted by molar-refractivity contribution is 0.0963. The van der Waals surface area contributed by atoms with Crippen LogP contribution >= 0.6 is 0 Å². The molecule has 0 saturated carbocycles. The van der Waals surface area contributed by atoms with Crippen molar-refractivity contribution in [3.63, 3.8) is 0 Å². The van der Waals surface area contributed by atoms with Crippen molar-refractivity contribution in [2.24, 2.45) is 0 Å². The Bertz CT molecular complexity index is 1410. The number of aromatic nitrogens is 2. The number of carbonyl (C=O) groups excluding carboxylic acids is 1. The van der Waals surface area contributed by atoms with E-state index in [1.165, 1.54) is 4.57 Å². The molecule has 1 aromatic heterocycles. The predicted octanol–water partition coefficient (Wildman–Crippen LogP) is 3.79. The first kappa shape index (κ1) is 19.8. The minimum atomic E-state index is -0.238. The normalized spacial score (nSPS) is 10.8. The average molecular weight is 406 g/mol. The number of fused-ring (bicyclic) bond motifs is 1. The summed E-state index contributed by atoms with van der Waals surface area (Å²) in [7, 11) is 1.56. The summed E-state index contributed by atoms with van der Waals surface area (Å²) in [6, 6.07) is 23.2. The summed E-state index contributed by atoms with van der Waals surface area (Å²) in [5, 5.41) is 12.0. The highest BCUT2D eigenvalue weighted by molar-refractivity contribution is 5.94. The Kier molecular flexibility index (Phi) is 5.41. The second-order valence-corrected chi connectivity index (χ2v) is 6.82. The van der Waals surface area contributed by atoms with Gasteiger partial charge in [0.15, 0.2) is 0 Å². The largest absolute Gasteiger partial charge is 0.355 e. The van der Waals surface area contributed by atoms with Gasteiger partial charge in [0.05, 0.1) is 28.2 Å². The molecule has 0 aliphatic carbocycles. The van der Waals surface area contributed by atoms with E-state index in [0.717, 1.165) is 5.56 Å². The Labute approximate surface area is 178 Å². The number of para-hydroxylation sites is 1. The van der Waals surface area contributed by atoms with Crippen molar-refractivity contribution < 1.29 is 4.79 Å².